The first kappa shape index (κ1) is 12.2. The molecule has 0 saturated heterocycles. The Labute approximate surface area is 114 Å². The van der Waals surface area contributed by atoms with Crippen molar-refractivity contribution < 1.29 is 4.79 Å². The van der Waals surface area contributed by atoms with Crippen LogP contribution in [-0.2, 0) is 6.42 Å². The third-order valence-corrected chi connectivity index (χ3v) is 3.99. The quantitative estimate of drug-likeness (QED) is 0.776. The van der Waals surface area contributed by atoms with Gasteiger partial charge in [-0.1, -0.05) is 48.0 Å². The Bertz CT molecular complexity index is 598. The van der Waals surface area contributed by atoms with Crippen LogP contribution < -0.4 is 0 Å². The van der Waals surface area contributed by atoms with E-state index in [9.17, 15) is 4.79 Å². The smallest absolute Gasteiger partial charge is 0.163 e. The zero-order valence-electron chi connectivity index (χ0n) is 11.2. The summed E-state index contributed by atoms with van der Waals surface area (Å²) in [6.07, 6.45) is 2.70. The summed E-state index contributed by atoms with van der Waals surface area (Å²) >= 11 is 0. The molecule has 1 nitrogen and oxygen atoms in total. The second-order valence-corrected chi connectivity index (χ2v) is 5.44. The highest BCUT2D eigenvalue weighted by atomic mass is 16.1. The van der Waals surface area contributed by atoms with E-state index in [1.807, 2.05) is 13.0 Å². The molecule has 1 heteroatoms. The molecule has 0 heterocycles. The summed E-state index contributed by atoms with van der Waals surface area (Å²) in [5.74, 6) is 0.790. The minimum absolute atomic E-state index is 0.308. The summed E-state index contributed by atoms with van der Waals surface area (Å²) in [4.78, 5) is 12.0. The molecule has 1 unspecified atom stereocenters. The van der Waals surface area contributed by atoms with Crippen LogP contribution in [0.15, 0.2) is 48.5 Å². The van der Waals surface area contributed by atoms with Crippen molar-refractivity contribution in [2.45, 2.75) is 32.1 Å². The van der Waals surface area contributed by atoms with E-state index in [0.717, 1.165) is 18.4 Å². The number of benzene rings is 2. The number of hydrogen-bond acceptors (Lipinski definition) is 1. The van der Waals surface area contributed by atoms with Crippen molar-refractivity contribution in [3.05, 3.63) is 70.8 Å². The first-order valence-corrected chi connectivity index (χ1v) is 6.92. The molecule has 0 amide bonds. The lowest BCUT2D eigenvalue weighted by Gasteiger charge is -2.25. The van der Waals surface area contributed by atoms with Crippen LogP contribution in [0, 0.1) is 6.92 Å². The fourth-order valence-corrected chi connectivity index (χ4v) is 2.97. The molecule has 0 saturated carbocycles. The largest absolute Gasteiger partial charge is 0.294 e. The number of ketones is 1. The van der Waals surface area contributed by atoms with Crippen LogP contribution in [0.1, 0.15) is 45.8 Å². The Morgan fingerprint density at radius 1 is 1.11 bits per heavy atom. The summed E-state index contributed by atoms with van der Waals surface area (Å²) in [5.41, 5.74) is 4.72. The summed E-state index contributed by atoms with van der Waals surface area (Å²) in [7, 11) is 0. The highest BCUT2D eigenvalue weighted by molar-refractivity contribution is 5.99. The molecule has 0 N–H and O–H groups in total. The van der Waals surface area contributed by atoms with E-state index in [1.165, 1.54) is 16.7 Å². The van der Waals surface area contributed by atoms with Crippen molar-refractivity contribution in [3.8, 4) is 0 Å². The third kappa shape index (κ3) is 2.46. The predicted octanol–water partition coefficient (Wildman–Crippen LogP) is 4.30. The molecule has 0 spiro atoms. The van der Waals surface area contributed by atoms with Crippen LogP contribution in [0.2, 0.25) is 0 Å². The van der Waals surface area contributed by atoms with Gasteiger partial charge in [-0.05, 0) is 42.9 Å². The van der Waals surface area contributed by atoms with Gasteiger partial charge in [-0.25, -0.2) is 0 Å². The van der Waals surface area contributed by atoms with Gasteiger partial charge in [0.15, 0.2) is 5.78 Å². The molecule has 96 valence electrons. The second kappa shape index (κ2) is 5.00. The SMILES string of the molecule is Cc1ccc2c(c1)C(=O)CCC2Cc1ccccc1. The van der Waals surface area contributed by atoms with Crippen LogP contribution in [0.4, 0.5) is 0 Å². The zero-order valence-corrected chi connectivity index (χ0v) is 11.2. The van der Waals surface area contributed by atoms with Crippen LogP contribution in [0.25, 0.3) is 0 Å². The lowest BCUT2D eigenvalue weighted by atomic mass is 9.78. The number of hydrogen-bond donors (Lipinski definition) is 0. The topological polar surface area (TPSA) is 17.1 Å². The molecule has 0 aliphatic heterocycles. The second-order valence-electron chi connectivity index (χ2n) is 5.44. The Morgan fingerprint density at radius 3 is 2.68 bits per heavy atom. The van der Waals surface area contributed by atoms with Gasteiger partial charge in [0, 0.05) is 12.0 Å². The van der Waals surface area contributed by atoms with Crippen LogP contribution in [-0.4, -0.2) is 5.78 Å². The average molecular weight is 250 g/mol. The lowest BCUT2D eigenvalue weighted by molar-refractivity contribution is 0.0966. The van der Waals surface area contributed by atoms with Gasteiger partial charge in [0.1, 0.15) is 0 Å². The van der Waals surface area contributed by atoms with Gasteiger partial charge in [-0.15, -0.1) is 0 Å². The molecule has 0 fully saturated rings. The molecular formula is C18H18O. The predicted molar refractivity (Wildman–Crippen MR) is 77.6 cm³/mol. The summed E-state index contributed by atoms with van der Waals surface area (Å²) in [5, 5.41) is 0. The molecule has 3 rings (SSSR count). The Kier molecular flexibility index (Phi) is 3.20. The summed E-state index contributed by atoms with van der Waals surface area (Å²) < 4.78 is 0. The Balaban J connectivity index is 1.93. The standard InChI is InChI=1S/C18H18O/c1-13-7-9-16-15(8-10-18(19)17(16)11-13)12-14-5-3-2-4-6-14/h2-7,9,11,15H,8,10,12H2,1H3. The minimum atomic E-state index is 0.308. The molecule has 1 aliphatic rings. The van der Waals surface area contributed by atoms with Crippen LogP contribution in [0.5, 0.6) is 0 Å². The number of carbonyl (C=O) groups excluding carboxylic acids is 1. The first-order valence-electron chi connectivity index (χ1n) is 6.92. The maximum absolute atomic E-state index is 12.0. The maximum atomic E-state index is 12.0. The van der Waals surface area contributed by atoms with Gasteiger partial charge in [0.2, 0.25) is 0 Å². The van der Waals surface area contributed by atoms with Gasteiger partial charge < -0.3 is 0 Å². The molecule has 19 heavy (non-hydrogen) atoms. The minimum Gasteiger partial charge on any atom is -0.294 e. The molecule has 1 atom stereocenters. The highest BCUT2D eigenvalue weighted by Gasteiger charge is 2.25. The third-order valence-electron chi connectivity index (χ3n) is 3.99. The van der Waals surface area contributed by atoms with Crippen molar-refractivity contribution in [1.29, 1.82) is 0 Å². The fourth-order valence-electron chi connectivity index (χ4n) is 2.97. The maximum Gasteiger partial charge on any atom is 0.163 e. The normalized spacial score (nSPS) is 18.2. The van der Waals surface area contributed by atoms with E-state index in [1.54, 1.807) is 0 Å². The van der Waals surface area contributed by atoms with Crippen molar-refractivity contribution in [3.63, 3.8) is 0 Å². The summed E-state index contributed by atoms with van der Waals surface area (Å²) in [6.45, 7) is 2.05. The first-order chi connectivity index (χ1) is 9.24. The van der Waals surface area contributed by atoms with E-state index in [-0.39, 0.29) is 0 Å². The number of rotatable bonds is 2. The van der Waals surface area contributed by atoms with Crippen LogP contribution >= 0.6 is 0 Å². The van der Waals surface area contributed by atoms with Crippen molar-refractivity contribution in [2.24, 2.45) is 0 Å². The molecule has 2 aromatic carbocycles. The highest BCUT2D eigenvalue weighted by Crippen LogP contribution is 2.34. The van der Waals surface area contributed by atoms with Gasteiger partial charge in [-0.2, -0.15) is 0 Å². The van der Waals surface area contributed by atoms with E-state index in [0.29, 0.717) is 18.1 Å². The molecule has 0 bridgehead atoms. The van der Waals surface area contributed by atoms with Crippen molar-refractivity contribution >= 4 is 5.78 Å². The molecule has 0 aromatic heterocycles. The number of Topliss-reactive ketones (excluding diaryl/α,β-unsaturated/α-hetero) is 1. The number of aryl methyl sites for hydroxylation is 1. The van der Waals surface area contributed by atoms with Gasteiger partial charge >= 0.3 is 0 Å². The van der Waals surface area contributed by atoms with E-state index in [4.69, 9.17) is 0 Å². The summed E-state index contributed by atoms with van der Waals surface area (Å²) in [6, 6.07) is 16.9. The number of carbonyl (C=O) groups is 1. The zero-order chi connectivity index (χ0) is 13.2. The van der Waals surface area contributed by atoms with E-state index in [2.05, 4.69) is 42.5 Å². The number of fused-ring (bicyclic) bond motifs is 1. The van der Waals surface area contributed by atoms with Gasteiger partial charge in [-0.3, -0.25) is 4.79 Å². The molecule has 2 aromatic rings. The van der Waals surface area contributed by atoms with Gasteiger partial charge in [0.05, 0.1) is 0 Å². The molecule has 1 aliphatic carbocycles. The van der Waals surface area contributed by atoms with Gasteiger partial charge in [0.25, 0.3) is 0 Å². The molecule has 0 radical (unpaired) electrons. The Hall–Kier alpha value is -1.89. The average Bonchev–Trinajstić information content (AvgIpc) is 2.43. The van der Waals surface area contributed by atoms with Crippen molar-refractivity contribution in [2.75, 3.05) is 0 Å². The monoisotopic (exact) mass is 250 g/mol. The fraction of sp³-hybridized carbons (Fsp3) is 0.278. The van der Waals surface area contributed by atoms with Crippen LogP contribution in [0.3, 0.4) is 0 Å². The van der Waals surface area contributed by atoms with E-state index < -0.39 is 0 Å². The molecular weight excluding hydrogens is 232 g/mol. The Morgan fingerprint density at radius 2 is 1.89 bits per heavy atom. The van der Waals surface area contributed by atoms with E-state index >= 15 is 0 Å². The van der Waals surface area contributed by atoms with Crippen molar-refractivity contribution in [1.82, 2.24) is 0 Å². The lowest BCUT2D eigenvalue weighted by Crippen LogP contribution is -2.17.